The van der Waals surface area contributed by atoms with Crippen LogP contribution in [-0.2, 0) is 6.54 Å². The predicted octanol–water partition coefficient (Wildman–Crippen LogP) is 2.72. The Balaban J connectivity index is 2.42. The molecule has 2 aromatic rings. The third-order valence-electron chi connectivity index (χ3n) is 2.09. The van der Waals surface area contributed by atoms with Gasteiger partial charge in [0.1, 0.15) is 11.5 Å². The minimum absolute atomic E-state index is 0.0981. The molecule has 0 spiro atoms. The summed E-state index contributed by atoms with van der Waals surface area (Å²) < 4.78 is 16.9. The highest BCUT2D eigenvalue weighted by molar-refractivity contribution is 7.05. The molecule has 2 rings (SSSR count). The molecule has 0 aliphatic carbocycles. The Bertz CT molecular complexity index is 501. The summed E-state index contributed by atoms with van der Waals surface area (Å²) in [5.74, 6) is -0.427. The molecule has 6 heteroatoms. The van der Waals surface area contributed by atoms with Crippen molar-refractivity contribution in [2.24, 2.45) is 0 Å². The fourth-order valence-electron chi connectivity index (χ4n) is 1.35. The minimum atomic E-state index is -0.427. The first kappa shape index (κ1) is 11.4. The number of benzene rings is 1. The van der Waals surface area contributed by atoms with Gasteiger partial charge in [0.05, 0.1) is 9.90 Å². The molecule has 0 saturated heterocycles. The third-order valence-corrected chi connectivity index (χ3v) is 3.10. The van der Waals surface area contributed by atoms with E-state index in [4.69, 9.17) is 11.6 Å². The van der Waals surface area contributed by atoms with Crippen LogP contribution in [0.3, 0.4) is 0 Å². The fourth-order valence-corrected chi connectivity index (χ4v) is 2.20. The lowest BCUT2D eigenvalue weighted by Gasteiger charge is -2.01. The van der Waals surface area contributed by atoms with Crippen LogP contribution in [0.1, 0.15) is 4.88 Å². The van der Waals surface area contributed by atoms with Gasteiger partial charge in [-0.2, -0.15) is 0 Å². The van der Waals surface area contributed by atoms with E-state index in [0.717, 1.165) is 16.1 Å². The van der Waals surface area contributed by atoms with Gasteiger partial charge in [-0.1, -0.05) is 16.1 Å². The normalized spacial score (nSPS) is 10.7. The largest absolute Gasteiger partial charge is 0.315 e. The summed E-state index contributed by atoms with van der Waals surface area (Å²) in [6.45, 7) is 0.683. The van der Waals surface area contributed by atoms with Gasteiger partial charge in [-0.3, -0.25) is 0 Å². The zero-order valence-electron chi connectivity index (χ0n) is 8.50. The fraction of sp³-hybridized carbons (Fsp3) is 0.200. The highest BCUT2D eigenvalue weighted by Crippen LogP contribution is 2.27. The molecule has 0 amide bonds. The van der Waals surface area contributed by atoms with Crippen molar-refractivity contribution in [3.63, 3.8) is 0 Å². The van der Waals surface area contributed by atoms with Crippen molar-refractivity contribution in [1.82, 2.24) is 14.9 Å². The minimum Gasteiger partial charge on any atom is -0.315 e. The summed E-state index contributed by atoms with van der Waals surface area (Å²) in [4.78, 5) is 1.00. The first-order valence-corrected chi connectivity index (χ1v) is 5.78. The van der Waals surface area contributed by atoms with Gasteiger partial charge in [-0.25, -0.2) is 4.39 Å². The Hall–Kier alpha value is -1.04. The van der Waals surface area contributed by atoms with Crippen molar-refractivity contribution in [3.8, 4) is 11.3 Å². The molecule has 84 valence electrons. The summed E-state index contributed by atoms with van der Waals surface area (Å²) in [6.07, 6.45) is 0. The van der Waals surface area contributed by atoms with Crippen LogP contribution < -0.4 is 5.32 Å². The standard InChI is InChI=1S/C10H9ClFN3S/c1-13-5-9-10(14-15-16-9)6-2-3-8(12)7(11)4-6/h2-4,13H,5H2,1H3. The van der Waals surface area contributed by atoms with Crippen LogP contribution >= 0.6 is 23.1 Å². The summed E-state index contributed by atoms with van der Waals surface area (Å²) in [7, 11) is 1.85. The molecule has 16 heavy (non-hydrogen) atoms. The molecular formula is C10H9ClFN3S. The highest BCUT2D eigenvalue weighted by Gasteiger charge is 2.11. The molecule has 0 bridgehead atoms. The zero-order chi connectivity index (χ0) is 11.5. The molecule has 1 heterocycles. The molecule has 0 radical (unpaired) electrons. The van der Waals surface area contributed by atoms with Crippen LogP contribution in [0.5, 0.6) is 0 Å². The monoisotopic (exact) mass is 257 g/mol. The van der Waals surface area contributed by atoms with Gasteiger partial charge in [0.2, 0.25) is 0 Å². The number of nitrogens with zero attached hydrogens (tertiary/aromatic N) is 2. The van der Waals surface area contributed by atoms with E-state index in [2.05, 4.69) is 14.9 Å². The topological polar surface area (TPSA) is 37.8 Å². The maximum atomic E-state index is 13.0. The maximum absolute atomic E-state index is 13.0. The Morgan fingerprint density at radius 1 is 1.50 bits per heavy atom. The van der Waals surface area contributed by atoms with E-state index in [9.17, 15) is 4.39 Å². The quantitative estimate of drug-likeness (QED) is 0.919. The van der Waals surface area contributed by atoms with Crippen LogP contribution in [0.15, 0.2) is 18.2 Å². The van der Waals surface area contributed by atoms with Crippen LogP contribution in [0.25, 0.3) is 11.3 Å². The molecule has 0 saturated carbocycles. The predicted molar refractivity (Wildman–Crippen MR) is 63.1 cm³/mol. The van der Waals surface area contributed by atoms with Crippen molar-refractivity contribution < 1.29 is 4.39 Å². The molecule has 1 aromatic heterocycles. The summed E-state index contributed by atoms with van der Waals surface area (Å²) >= 11 is 7.04. The maximum Gasteiger partial charge on any atom is 0.141 e. The average Bonchev–Trinajstić information content (AvgIpc) is 2.71. The van der Waals surface area contributed by atoms with Crippen LogP contribution in [0.4, 0.5) is 4.39 Å². The SMILES string of the molecule is CNCc1snnc1-c1ccc(F)c(Cl)c1. The van der Waals surface area contributed by atoms with Gasteiger partial charge in [0.25, 0.3) is 0 Å². The lowest BCUT2D eigenvalue weighted by molar-refractivity contribution is 0.628. The summed E-state index contributed by atoms with van der Waals surface area (Å²) in [5.41, 5.74) is 1.53. The van der Waals surface area contributed by atoms with Crippen molar-refractivity contribution in [2.45, 2.75) is 6.54 Å². The van der Waals surface area contributed by atoms with E-state index in [0.29, 0.717) is 6.54 Å². The average molecular weight is 258 g/mol. The molecular weight excluding hydrogens is 249 g/mol. The molecule has 1 aromatic carbocycles. The first-order valence-electron chi connectivity index (χ1n) is 4.63. The van der Waals surface area contributed by atoms with Gasteiger partial charge in [0, 0.05) is 12.1 Å². The van der Waals surface area contributed by atoms with Crippen molar-refractivity contribution in [1.29, 1.82) is 0 Å². The number of rotatable bonds is 3. The van der Waals surface area contributed by atoms with Crippen LogP contribution in [-0.4, -0.2) is 16.6 Å². The molecule has 3 nitrogen and oxygen atoms in total. The van der Waals surface area contributed by atoms with E-state index in [1.54, 1.807) is 12.1 Å². The second-order valence-electron chi connectivity index (χ2n) is 3.20. The molecule has 0 atom stereocenters. The van der Waals surface area contributed by atoms with Gasteiger partial charge in [0.15, 0.2) is 0 Å². The first-order chi connectivity index (χ1) is 7.72. The smallest absolute Gasteiger partial charge is 0.141 e. The number of halogens is 2. The second-order valence-corrected chi connectivity index (χ2v) is 4.45. The molecule has 0 unspecified atom stereocenters. The summed E-state index contributed by atoms with van der Waals surface area (Å²) in [6, 6.07) is 4.55. The van der Waals surface area contributed by atoms with Crippen molar-refractivity contribution >= 4 is 23.1 Å². The number of hydrogen-bond donors (Lipinski definition) is 1. The number of aromatic nitrogens is 2. The molecule has 0 aliphatic heterocycles. The van der Waals surface area contributed by atoms with E-state index in [1.165, 1.54) is 17.6 Å². The highest BCUT2D eigenvalue weighted by atomic mass is 35.5. The van der Waals surface area contributed by atoms with Gasteiger partial charge in [-0.15, -0.1) is 5.10 Å². The molecule has 0 aliphatic rings. The van der Waals surface area contributed by atoms with Gasteiger partial charge < -0.3 is 5.32 Å². The zero-order valence-corrected chi connectivity index (χ0v) is 10.1. The van der Waals surface area contributed by atoms with E-state index >= 15 is 0 Å². The van der Waals surface area contributed by atoms with E-state index in [-0.39, 0.29) is 5.02 Å². The van der Waals surface area contributed by atoms with Crippen LogP contribution in [0, 0.1) is 5.82 Å². The van der Waals surface area contributed by atoms with Crippen molar-refractivity contribution in [2.75, 3.05) is 7.05 Å². The van der Waals surface area contributed by atoms with Crippen molar-refractivity contribution in [3.05, 3.63) is 33.9 Å². The van der Waals surface area contributed by atoms with Gasteiger partial charge in [-0.05, 0) is 36.8 Å². The van der Waals surface area contributed by atoms with Gasteiger partial charge >= 0.3 is 0 Å². The lowest BCUT2D eigenvalue weighted by Crippen LogP contribution is -2.04. The number of hydrogen-bond acceptors (Lipinski definition) is 4. The Morgan fingerprint density at radius 3 is 3.00 bits per heavy atom. The Morgan fingerprint density at radius 2 is 2.31 bits per heavy atom. The lowest BCUT2D eigenvalue weighted by atomic mass is 10.1. The third kappa shape index (κ3) is 2.21. The molecule has 1 N–H and O–H groups in total. The Kier molecular flexibility index (Phi) is 3.48. The van der Waals surface area contributed by atoms with E-state index in [1.807, 2.05) is 7.05 Å². The summed E-state index contributed by atoms with van der Waals surface area (Å²) in [5, 5.41) is 7.15. The van der Waals surface area contributed by atoms with E-state index < -0.39 is 5.82 Å². The van der Waals surface area contributed by atoms with Crippen LogP contribution in [0.2, 0.25) is 5.02 Å². The second kappa shape index (κ2) is 4.86. The Labute approximate surface area is 101 Å². The molecule has 0 fully saturated rings. The number of nitrogens with one attached hydrogen (secondary N) is 1.